The van der Waals surface area contributed by atoms with Gasteiger partial charge in [0.05, 0.1) is 17.0 Å². The van der Waals surface area contributed by atoms with Crippen molar-refractivity contribution < 1.29 is 12.8 Å². The number of hydrogen-bond donors (Lipinski definition) is 0. The van der Waals surface area contributed by atoms with E-state index in [0.29, 0.717) is 11.4 Å². The van der Waals surface area contributed by atoms with Crippen LogP contribution in [0.1, 0.15) is 56.0 Å². The summed E-state index contributed by atoms with van der Waals surface area (Å²) in [6.45, 7) is 13.3. The van der Waals surface area contributed by atoms with Gasteiger partial charge >= 0.3 is 0 Å². The molecule has 4 nitrogen and oxygen atoms in total. The smallest absolute Gasteiger partial charge is 0.261 e. The molecule has 0 aromatic heterocycles. The van der Waals surface area contributed by atoms with Crippen LogP contribution in [0.4, 0.5) is 0 Å². The highest BCUT2D eigenvalue weighted by Gasteiger charge is 2.53. The van der Waals surface area contributed by atoms with E-state index in [1.54, 1.807) is 16.4 Å². The minimum atomic E-state index is -3.85. The summed E-state index contributed by atoms with van der Waals surface area (Å²) in [6.07, 6.45) is -0.442. The summed E-state index contributed by atoms with van der Waals surface area (Å²) in [5.41, 5.74) is 4.24. The van der Waals surface area contributed by atoms with Gasteiger partial charge in [0.2, 0.25) is 10.0 Å². The van der Waals surface area contributed by atoms with Gasteiger partial charge in [0.25, 0.3) is 8.32 Å². The molecule has 1 aliphatic rings. The lowest BCUT2D eigenvalue weighted by atomic mass is 9.92. The second kappa shape index (κ2) is 11.4. The predicted octanol–water partition coefficient (Wildman–Crippen LogP) is 7.67. The van der Waals surface area contributed by atoms with Gasteiger partial charge in [0, 0.05) is 6.54 Å². The molecule has 5 aromatic carbocycles. The van der Waals surface area contributed by atoms with Crippen LogP contribution >= 0.6 is 0 Å². The highest BCUT2D eigenvalue weighted by molar-refractivity contribution is 7.89. The second-order valence-electron chi connectivity index (χ2n) is 13.1. The van der Waals surface area contributed by atoms with Crippen molar-refractivity contribution in [3.8, 4) is 0 Å². The number of rotatable bonds is 7. The van der Waals surface area contributed by atoms with Gasteiger partial charge in [0.1, 0.15) is 0 Å². The zero-order valence-corrected chi connectivity index (χ0v) is 28.2. The lowest BCUT2D eigenvalue weighted by Crippen LogP contribution is -2.68. The molecule has 0 amide bonds. The maximum atomic E-state index is 14.5. The van der Waals surface area contributed by atoms with Gasteiger partial charge in [-0.05, 0) is 81.8 Å². The van der Waals surface area contributed by atoms with Crippen LogP contribution in [0.3, 0.4) is 0 Å². The predicted molar refractivity (Wildman–Crippen MR) is 184 cm³/mol. The average Bonchev–Trinajstić information content (AvgIpc) is 3.41. The fourth-order valence-corrected chi connectivity index (χ4v) is 13.5. The third-order valence-electron chi connectivity index (χ3n) is 9.23. The Balaban J connectivity index is 1.56. The Morgan fingerprint density at radius 2 is 1.34 bits per heavy atom. The Kier molecular flexibility index (Phi) is 7.91. The van der Waals surface area contributed by atoms with E-state index in [1.165, 1.54) is 10.4 Å². The first-order valence-corrected chi connectivity index (χ1v) is 18.7. The largest absolute Gasteiger partial charge is 0.403 e. The molecule has 0 saturated heterocycles. The van der Waals surface area contributed by atoms with Gasteiger partial charge in [-0.1, -0.05) is 123 Å². The van der Waals surface area contributed by atoms with Crippen LogP contribution in [0.2, 0.25) is 5.04 Å². The van der Waals surface area contributed by atoms with Crippen molar-refractivity contribution in [2.75, 3.05) is 0 Å². The summed E-state index contributed by atoms with van der Waals surface area (Å²) in [7, 11) is -6.81. The summed E-state index contributed by atoms with van der Waals surface area (Å²) in [5.74, 6) is 0. The molecule has 0 radical (unpaired) electrons. The van der Waals surface area contributed by atoms with Gasteiger partial charge in [-0.3, -0.25) is 0 Å². The molecule has 6 rings (SSSR count). The first-order chi connectivity index (χ1) is 20.9. The monoisotopic (exact) mass is 619 g/mol. The molecule has 2 atom stereocenters. The van der Waals surface area contributed by atoms with E-state index in [9.17, 15) is 8.42 Å². The Morgan fingerprint density at radius 3 is 1.91 bits per heavy atom. The fraction of sp³-hybridized carbons (Fsp3) is 0.263. The molecule has 0 bridgehead atoms. The normalized spacial score (nSPS) is 16.6. The number of hydrogen-bond acceptors (Lipinski definition) is 3. The lowest BCUT2D eigenvalue weighted by Gasteiger charge is -2.46. The standard InChI is InChI=1S/C38H41NO3SSi/c1-27-21-23-32(24-22-27)43(40,41)39-26-31-25-30-15-13-14-20-35(30)28(2)36(31)37(39)29(3)42-44(38(4,5)6,33-16-9-7-10-17-33)34-18-11-8-12-19-34/h7-25,29,37H,26H2,1-6H3/t29-,37+/m0/s1. The van der Waals surface area contributed by atoms with Crippen molar-refractivity contribution in [1.29, 1.82) is 0 Å². The lowest BCUT2D eigenvalue weighted by molar-refractivity contribution is 0.124. The minimum absolute atomic E-state index is 0.246. The molecule has 1 aliphatic heterocycles. The molecule has 5 aromatic rings. The number of benzene rings is 5. The quantitative estimate of drug-likeness (QED) is 0.176. The van der Waals surface area contributed by atoms with Crippen LogP contribution in [-0.4, -0.2) is 27.1 Å². The van der Waals surface area contributed by atoms with Crippen molar-refractivity contribution in [2.24, 2.45) is 0 Å². The van der Waals surface area contributed by atoms with Crippen LogP contribution < -0.4 is 10.4 Å². The minimum Gasteiger partial charge on any atom is -0.403 e. The molecule has 0 unspecified atom stereocenters. The first kappa shape index (κ1) is 30.5. The van der Waals surface area contributed by atoms with Gasteiger partial charge in [-0.2, -0.15) is 4.31 Å². The number of aryl methyl sites for hydroxylation is 2. The molecule has 0 aliphatic carbocycles. The zero-order chi connectivity index (χ0) is 31.3. The maximum Gasteiger partial charge on any atom is 0.261 e. The Bertz CT molecular complexity index is 1860. The van der Waals surface area contributed by atoms with Crippen LogP contribution in [0.15, 0.2) is 120 Å². The number of nitrogens with zero attached hydrogens (tertiary/aromatic N) is 1. The van der Waals surface area contributed by atoms with Crippen molar-refractivity contribution in [2.45, 2.75) is 70.2 Å². The molecule has 0 N–H and O–H groups in total. The SMILES string of the molecule is Cc1ccc(S(=O)(=O)N2Cc3cc4ccccc4c(C)c3[C@H]2[C@H](C)O[Si](c2ccccc2)(c2ccccc2)C(C)(C)C)cc1. The van der Waals surface area contributed by atoms with Gasteiger partial charge in [-0.15, -0.1) is 0 Å². The van der Waals surface area contributed by atoms with Gasteiger partial charge in [0.15, 0.2) is 0 Å². The van der Waals surface area contributed by atoms with Gasteiger partial charge < -0.3 is 4.43 Å². The summed E-state index contributed by atoms with van der Waals surface area (Å²) in [6, 6.07) is 38.3. The third-order valence-corrected chi connectivity index (χ3v) is 16.2. The number of fused-ring (bicyclic) bond motifs is 2. The van der Waals surface area contributed by atoms with Crippen molar-refractivity contribution in [3.63, 3.8) is 0 Å². The Hall–Kier alpha value is -3.55. The number of sulfonamides is 1. The molecule has 0 saturated carbocycles. The van der Waals surface area contributed by atoms with E-state index >= 15 is 0 Å². The molecular weight excluding hydrogens is 579 g/mol. The summed E-state index contributed by atoms with van der Waals surface area (Å²) < 4.78 is 38.3. The maximum absolute atomic E-state index is 14.5. The van der Waals surface area contributed by atoms with E-state index < -0.39 is 30.5 Å². The van der Waals surface area contributed by atoms with E-state index in [1.807, 2.05) is 37.3 Å². The topological polar surface area (TPSA) is 46.6 Å². The second-order valence-corrected chi connectivity index (χ2v) is 19.2. The fourth-order valence-electron chi connectivity index (χ4n) is 7.15. The molecule has 1 heterocycles. The highest BCUT2D eigenvalue weighted by atomic mass is 32.2. The molecule has 226 valence electrons. The summed E-state index contributed by atoms with van der Waals surface area (Å²) in [4.78, 5) is 0.306. The summed E-state index contributed by atoms with van der Waals surface area (Å²) >= 11 is 0. The van der Waals surface area contributed by atoms with Crippen molar-refractivity contribution in [1.82, 2.24) is 4.31 Å². The van der Waals surface area contributed by atoms with E-state index in [-0.39, 0.29) is 5.04 Å². The molecule has 0 spiro atoms. The molecule has 6 heteroatoms. The van der Waals surface area contributed by atoms with Crippen LogP contribution in [0, 0.1) is 13.8 Å². The average molecular weight is 620 g/mol. The zero-order valence-electron chi connectivity index (χ0n) is 26.4. The third kappa shape index (κ3) is 5.04. The summed E-state index contributed by atoms with van der Waals surface area (Å²) in [5, 5.41) is 4.37. The van der Waals surface area contributed by atoms with Gasteiger partial charge in [-0.25, -0.2) is 8.42 Å². The molecule has 0 fully saturated rings. The Labute approximate surface area is 263 Å². The molecular formula is C38H41NO3SSi. The highest BCUT2D eigenvalue weighted by Crippen LogP contribution is 2.47. The first-order valence-electron chi connectivity index (χ1n) is 15.3. The van der Waals surface area contributed by atoms with E-state index in [0.717, 1.165) is 33.0 Å². The van der Waals surface area contributed by atoms with Crippen molar-refractivity contribution in [3.05, 3.63) is 138 Å². The van der Waals surface area contributed by atoms with Crippen LogP contribution in [0.5, 0.6) is 0 Å². The molecule has 44 heavy (non-hydrogen) atoms. The van der Waals surface area contributed by atoms with Crippen LogP contribution in [-0.2, 0) is 21.0 Å². The van der Waals surface area contributed by atoms with Crippen molar-refractivity contribution >= 4 is 39.5 Å². The van der Waals surface area contributed by atoms with E-state index in [4.69, 9.17) is 4.43 Å². The van der Waals surface area contributed by atoms with Crippen LogP contribution in [0.25, 0.3) is 10.8 Å². The van der Waals surface area contributed by atoms with E-state index in [2.05, 4.69) is 107 Å². The Morgan fingerprint density at radius 1 is 0.795 bits per heavy atom.